The molecule has 0 aromatic carbocycles. The predicted octanol–water partition coefficient (Wildman–Crippen LogP) is 8.15. The van der Waals surface area contributed by atoms with Crippen LogP contribution < -0.4 is 0 Å². The van der Waals surface area contributed by atoms with Gasteiger partial charge >= 0.3 is 0 Å². The highest BCUT2D eigenvalue weighted by atomic mass is 33.7. The van der Waals surface area contributed by atoms with Gasteiger partial charge in [0.15, 0.2) is 0 Å². The third kappa shape index (κ3) is 18.0. The molecule has 10 heteroatoms. The molecule has 0 aromatic rings. The standard InChI is InChI=1S/C24H54O4S4Si2/c1-7-13-17-25-23(33-21-11-5,26-18-14-8-2)29-31-32-30-24(34-22-12-6,27-19-15-9-3)28-20-16-10-4/h7-22,33-34H2,1-6H3. The van der Waals surface area contributed by atoms with Gasteiger partial charge in [-0.3, -0.25) is 0 Å². The van der Waals surface area contributed by atoms with Gasteiger partial charge in [-0.05, 0) is 66.9 Å². The molecular weight excluding hydrogens is 537 g/mol. The van der Waals surface area contributed by atoms with E-state index in [1.165, 1.54) is 24.9 Å². The Balaban J connectivity index is 5.20. The van der Waals surface area contributed by atoms with Gasteiger partial charge in [0.1, 0.15) is 19.0 Å². The molecule has 0 bridgehead atoms. The first-order chi connectivity index (χ1) is 16.6. The second-order valence-corrected chi connectivity index (χ2v) is 20.1. The van der Waals surface area contributed by atoms with Crippen molar-refractivity contribution in [2.24, 2.45) is 0 Å². The molecule has 0 unspecified atom stereocenters. The molecule has 0 saturated heterocycles. The Kier molecular flexibility index (Phi) is 26.2. The zero-order valence-electron chi connectivity index (χ0n) is 23.0. The van der Waals surface area contributed by atoms with E-state index in [2.05, 4.69) is 41.5 Å². The smallest absolute Gasteiger partial charge is 0.200 e. The molecule has 0 aliphatic heterocycles. The van der Waals surface area contributed by atoms with Crippen LogP contribution in [-0.2, 0) is 18.9 Å². The van der Waals surface area contributed by atoms with E-state index in [0.717, 1.165) is 77.8 Å². The summed E-state index contributed by atoms with van der Waals surface area (Å²) in [6.07, 6.45) is 11.4. The average molecular weight is 591 g/mol. The second kappa shape index (κ2) is 25.0. The van der Waals surface area contributed by atoms with Crippen molar-refractivity contribution >= 4 is 60.3 Å². The summed E-state index contributed by atoms with van der Waals surface area (Å²) in [4.78, 5) is 0. The summed E-state index contributed by atoms with van der Waals surface area (Å²) in [5.41, 5.74) is 0. The van der Waals surface area contributed by atoms with E-state index >= 15 is 0 Å². The molecule has 0 aliphatic carbocycles. The minimum Gasteiger partial charge on any atom is -0.345 e. The highest BCUT2D eigenvalue weighted by Crippen LogP contribution is 2.53. The van der Waals surface area contributed by atoms with Crippen LogP contribution in [0.2, 0.25) is 12.1 Å². The van der Waals surface area contributed by atoms with Gasteiger partial charge in [-0.1, -0.05) is 92.2 Å². The van der Waals surface area contributed by atoms with Crippen molar-refractivity contribution in [1.29, 1.82) is 0 Å². The van der Waals surface area contributed by atoms with Crippen LogP contribution in [0.3, 0.4) is 0 Å². The maximum Gasteiger partial charge on any atom is 0.200 e. The molecular formula is C24H54O4S4Si2. The van der Waals surface area contributed by atoms with E-state index in [9.17, 15) is 0 Å². The number of hydrogen-bond donors (Lipinski definition) is 0. The van der Waals surface area contributed by atoms with Gasteiger partial charge in [0, 0.05) is 0 Å². The van der Waals surface area contributed by atoms with Crippen molar-refractivity contribution < 1.29 is 18.9 Å². The first-order valence-electron chi connectivity index (χ1n) is 13.8. The van der Waals surface area contributed by atoms with Crippen molar-refractivity contribution in [2.45, 2.75) is 127 Å². The third-order valence-corrected chi connectivity index (χ3v) is 19.3. The highest BCUT2D eigenvalue weighted by Gasteiger charge is 2.36. The molecule has 0 amide bonds. The summed E-state index contributed by atoms with van der Waals surface area (Å²) in [6, 6.07) is 2.49. The van der Waals surface area contributed by atoms with Crippen molar-refractivity contribution in [3.05, 3.63) is 0 Å². The van der Waals surface area contributed by atoms with Crippen LogP contribution in [0.1, 0.15) is 106 Å². The van der Waals surface area contributed by atoms with Crippen LogP contribution in [0.4, 0.5) is 0 Å². The summed E-state index contributed by atoms with van der Waals surface area (Å²) in [5, 5.41) is 0. The molecule has 0 aliphatic rings. The Morgan fingerprint density at radius 3 is 1.00 bits per heavy atom. The van der Waals surface area contributed by atoms with E-state index in [4.69, 9.17) is 18.9 Å². The first kappa shape index (κ1) is 35.7. The molecule has 0 heterocycles. The van der Waals surface area contributed by atoms with Gasteiger partial charge in [-0.15, -0.1) is 0 Å². The molecule has 0 radical (unpaired) electrons. The minimum absolute atomic E-state index is 0.422. The molecule has 0 N–H and O–H groups in total. The molecule has 4 nitrogen and oxygen atoms in total. The van der Waals surface area contributed by atoms with Crippen LogP contribution in [0, 0.1) is 0 Å². The van der Waals surface area contributed by atoms with Crippen LogP contribution in [0.25, 0.3) is 0 Å². The molecule has 34 heavy (non-hydrogen) atoms. The maximum atomic E-state index is 6.48. The zero-order valence-corrected chi connectivity index (χ0v) is 29.1. The van der Waals surface area contributed by atoms with Gasteiger partial charge < -0.3 is 18.9 Å². The summed E-state index contributed by atoms with van der Waals surface area (Å²) in [7, 11) is 6.19. The summed E-state index contributed by atoms with van der Waals surface area (Å²) in [6.45, 7) is 16.6. The van der Waals surface area contributed by atoms with Crippen molar-refractivity contribution in [1.82, 2.24) is 0 Å². The number of unbranched alkanes of at least 4 members (excludes halogenated alkanes) is 4. The number of rotatable bonds is 27. The topological polar surface area (TPSA) is 36.9 Å². The van der Waals surface area contributed by atoms with Crippen LogP contribution >= 0.6 is 41.2 Å². The van der Waals surface area contributed by atoms with Crippen molar-refractivity contribution in [3.8, 4) is 0 Å². The zero-order chi connectivity index (χ0) is 25.4. The lowest BCUT2D eigenvalue weighted by atomic mass is 10.4. The Morgan fingerprint density at radius 2 is 0.765 bits per heavy atom. The van der Waals surface area contributed by atoms with Crippen molar-refractivity contribution in [2.75, 3.05) is 26.4 Å². The van der Waals surface area contributed by atoms with E-state index in [1.807, 2.05) is 41.2 Å². The quantitative estimate of drug-likeness (QED) is 0.0411. The summed E-state index contributed by atoms with van der Waals surface area (Å²) >= 11 is 0. The van der Waals surface area contributed by atoms with Crippen molar-refractivity contribution in [3.63, 3.8) is 0 Å². The fourth-order valence-corrected chi connectivity index (χ4v) is 17.3. The van der Waals surface area contributed by atoms with Gasteiger partial charge in [-0.2, -0.15) is 0 Å². The van der Waals surface area contributed by atoms with E-state index in [0.29, 0.717) is 0 Å². The van der Waals surface area contributed by atoms with Crippen LogP contribution in [-0.4, -0.2) is 55.0 Å². The second-order valence-electron chi connectivity index (χ2n) is 8.68. The monoisotopic (exact) mass is 590 g/mol. The highest BCUT2D eigenvalue weighted by molar-refractivity contribution is 9.26. The first-order valence-corrected chi connectivity index (χ1v) is 22.1. The Hall–Kier alpha value is 1.67. The Bertz CT molecular complexity index is 382. The van der Waals surface area contributed by atoms with Crippen LogP contribution in [0.15, 0.2) is 0 Å². The van der Waals surface area contributed by atoms with E-state index in [1.54, 1.807) is 0 Å². The normalized spacial score (nSPS) is 13.2. The molecule has 0 spiro atoms. The number of hydrogen-bond acceptors (Lipinski definition) is 8. The average Bonchev–Trinajstić information content (AvgIpc) is 2.84. The van der Waals surface area contributed by atoms with Crippen LogP contribution in [0.5, 0.6) is 0 Å². The molecule has 0 atom stereocenters. The number of ether oxygens (including phenoxy) is 4. The lowest BCUT2D eigenvalue weighted by molar-refractivity contribution is -0.118. The Labute approximate surface area is 231 Å². The SMILES string of the molecule is CCCCOC(OCCCC)([SiH2]CCC)SSSSC(OCCCC)(OCCCC)[SiH2]CCC. The van der Waals surface area contributed by atoms with Gasteiger partial charge in [0.2, 0.25) is 9.48 Å². The summed E-state index contributed by atoms with van der Waals surface area (Å²) < 4.78 is 25.1. The predicted molar refractivity (Wildman–Crippen MR) is 167 cm³/mol. The van der Waals surface area contributed by atoms with E-state index < -0.39 is 28.5 Å². The lowest BCUT2D eigenvalue weighted by Gasteiger charge is -2.34. The molecule has 0 fully saturated rings. The van der Waals surface area contributed by atoms with E-state index in [-0.39, 0.29) is 0 Å². The lowest BCUT2D eigenvalue weighted by Crippen LogP contribution is -2.39. The minimum atomic E-state index is -0.525. The molecule has 0 rings (SSSR count). The van der Waals surface area contributed by atoms with Gasteiger partial charge in [0.25, 0.3) is 0 Å². The Morgan fingerprint density at radius 1 is 0.471 bits per heavy atom. The fraction of sp³-hybridized carbons (Fsp3) is 1.00. The molecule has 0 saturated carbocycles. The third-order valence-electron chi connectivity index (χ3n) is 5.30. The largest absolute Gasteiger partial charge is 0.345 e. The molecule has 0 aromatic heterocycles. The summed E-state index contributed by atoms with van der Waals surface area (Å²) in [5.74, 6) is 0. The van der Waals surface area contributed by atoms with Gasteiger partial charge in [-0.25, -0.2) is 0 Å². The molecule has 206 valence electrons. The fourth-order valence-electron chi connectivity index (χ4n) is 2.96. The van der Waals surface area contributed by atoms with Gasteiger partial charge in [0.05, 0.1) is 26.4 Å². The maximum absolute atomic E-state index is 6.48.